The number of hydrogen-bond donors (Lipinski definition) is 1. The average molecular weight is 501 g/mol. The zero-order valence-electron chi connectivity index (χ0n) is 17.9. The van der Waals surface area contributed by atoms with Crippen LogP contribution in [0.3, 0.4) is 0 Å². The van der Waals surface area contributed by atoms with Gasteiger partial charge in [0.1, 0.15) is 47.2 Å². The van der Waals surface area contributed by atoms with Crippen LogP contribution in [0.25, 0.3) is 11.4 Å². The largest absolute Gasteiger partial charge is 0.494 e. The summed E-state index contributed by atoms with van der Waals surface area (Å²) >= 11 is 3.39. The van der Waals surface area contributed by atoms with Crippen LogP contribution in [0.4, 0.5) is 0 Å². The molecule has 2 aromatic heterocycles. The summed E-state index contributed by atoms with van der Waals surface area (Å²) in [5.41, 5.74) is 1.70. The molecule has 0 amide bonds. The van der Waals surface area contributed by atoms with Crippen LogP contribution < -0.4 is 9.47 Å². The smallest absolute Gasteiger partial charge is 0.335 e. The Kier molecular flexibility index (Phi) is 7.21. The summed E-state index contributed by atoms with van der Waals surface area (Å²) in [6.07, 6.45) is 3.22. The average Bonchev–Trinajstić information content (AvgIpc) is 3.41. The molecule has 0 spiro atoms. The molecule has 0 aliphatic heterocycles. The van der Waals surface area contributed by atoms with E-state index in [1.807, 2.05) is 25.1 Å². The maximum atomic E-state index is 10.8. The van der Waals surface area contributed by atoms with Crippen molar-refractivity contribution in [3.05, 3.63) is 70.7 Å². The Balaban J connectivity index is 0.000000182. The monoisotopic (exact) mass is 500 g/mol. The predicted octanol–water partition coefficient (Wildman–Crippen LogP) is 3.63. The van der Waals surface area contributed by atoms with Crippen molar-refractivity contribution < 1.29 is 19.4 Å². The van der Waals surface area contributed by atoms with E-state index in [9.17, 15) is 4.79 Å². The van der Waals surface area contributed by atoms with Gasteiger partial charge in [-0.25, -0.2) is 24.1 Å². The molecule has 2 heterocycles. The van der Waals surface area contributed by atoms with Gasteiger partial charge in [-0.15, -0.1) is 0 Å². The second-order valence-corrected chi connectivity index (χ2v) is 7.40. The molecule has 0 radical (unpaired) electrons. The second kappa shape index (κ2) is 10.1. The van der Waals surface area contributed by atoms with Crippen LogP contribution in [0.1, 0.15) is 22.0 Å². The number of nitrogens with zero attached hydrogens (tertiary/aromatic N) is 6. The van der Waals surface area contributed by atoms with Gasteiger partial charge >= 0.3 is 5.97 Å². The van der Waals surface area contributed by atoms with E-state index in [-0.39, 0.29) is 5.56 Å². The van der Waals surface area contributed by atoms with E-state index in [0.717, 1.165) is 21.7 Å². The minimum atomic E-state index is -0.996. The molecule has 4 rings (SSSR count). The van der Waals surface area contributed by atoms with Crippen molar-refractivity contribution >= 4 is 21.9 Å². The van der Waals surface area contributed by atoms with E-state index in [4.69, 9.17) is 14.6 Å². The highest BCUT2D eigenvalue weighted by Crippen LogP contribution is 2.26. The van der Waals surface area contributed by atoms with Crippen LogP contribution in [0.2, 0.25) is 0 Å². The third kappa shape index (κ3) is 5.30. The fraction of sp³-hybridized carbons (Fsp3) is 0.190. The number of benzene rings is 2. The van der Waals surface area contributed by atoms with Crippen LogP contribution in [0.5, 0.6) is 11.5 Å². The van der Waals surface area contributed by atoms with Crippen LogP contribution in [0.15, 0.2) is 53.5 Å². The van der Waals surface area contributed by atoms with Gasteiger partial charge in [0.25, 0.3) is 0 Å². The van der Waals surface area contributed by atoms with Crippen LogP contribution >= 0.6 is 15.9 Å². The molecular weight excluding hydrogens is 480 g/mol. The summed E-state index contributed by atoms with van der Waals surface area (Å²) in [5, 5.41) is 17.3. The number of aryl methyl sites for hydroxylation is 2. The van der Waals surface area contributed by atoms with Gasteiger partial charge in [0.05, 0.1) is 19.8 Å². The third-order valence-corrected chi connectivity index (χ3v) is 4.77. The van der Waals surface area contributed by atoms with E-state index in [1.165, 1.54) is 19.2 Å². The van der Waals surface area contributed by atoms with Gasteiger partial charge in [-0.2, -0.15) is 10.2 Å². The summed E-state index contributed by atoms with van der Waals surface area (Å²) in [6, 6.07) is 10.3. The Morgan fingerprint density at radius 3 is 1.81 bits per heavy atom. The first-order valence-electron chi connectivity index (χ1n) is 9.34. The van der Waals surface area contributed by atoms with Crippen molar-refractivity contribution in [2.45, 2.75) is 13.8 Å². The quantitative estimate of drug-likeness (QED) is 0.441. The second-order valence-electron chi connectivity index (χ2n) is 6.48. The van der Waals surface area contributed by atoms with Crippen molar-refractivity contribution in [1.29, 1.82) is 0 Å². The van der Waals surface area contributed by atoms with Gasteiger partial charge < -0.3 is 14.6 Å². The van der Waals surface area contributed by atoms with Gasteiger partial charge in [-0.3, -0.25) is 0 Å². The number of halogens is 1. The molecule has 0 bridgehead atoms. The van der Waals surface area contributed by atoms with E-state index in [2.05, 4.69) is 36.1 Å². The molecular formula is C21H21BrN6O4. The molecule has 0 aliphatic carbocycles. The number of carboxylic acids is 1. The number of aromatic carboxylic acids is 1. The molecule has 0 fully saturated rings. The van der Waals surface area contributed by atoms with E-state index in [1.54, 1.807) is 42.1 Å². The Hall–Kier alpha value is -3.73. The summed E-state index contributed by atoms with van der Waals surface area (Å²) in [7, 11) is 3.11. The number of carbonyl (C=O) groups is 1. The fourth-order valence-corrected chi connectivity index (χ4v) is 3.10. The first kappa shape index (κ1) is 22.9. The van der Waals surface area contributed by atoms with Crippen LogP contribution in [0, 0.1) is 13.8 Å². The van der Waals surface area contributed by atoms with E-state index in [0.29, 0.717) is 17.3 Å². The van der Waals surface area contributed by atoms with E-state index < -0.39 is 5.97 Å². The molecule has 1 N–H and O–H groups in total. The molecule has 4 aromatic rings. The Labute approximate surface area is 192 Å². The van der Waals surface area contributed by atoms with Gasteiger partial charge in [0.15, 0.2) is 0 Å². The van der Waals surface area contributed by atoms with Gasteiger partial charge in [-0.1, -0.05) is 15.9 Å². The minimum Gasteiger partial charge on any atom is -0.494 e. The van der Waals surface area contributed by atoms with Crippen molar-refractivity contribution in [2.24, 2.45) is 0 Å². The number of methoxy groups -OCH3 is 2. The van der Waals surface area contributed by atoms with Crippen molar-refractivity contribution in [2.75, 3.05) is 14.2 Å². The fourth-order valence-electron chi connectivity index (χ4n) is 2.76. The molecule has 10 nitrogen and oxygen atoms in total. The van der Waals surface area contributed by atoms with Gasteiger partial charge in [0, 0.05) is 4.47 Å². The highest BCUT2D eigenvalue weighted by atomic mass is 79.9. The zero-order valence-corrected chi connectivity index (χ0v) is 19.4. The highest BCUT2D eigenvalue weighted by molar-refractivity contribution is 9.10. The Bertz CT molecular complexity index is 1240. The lowest BCUT2D eigenvalue weighted by molar-refractivity contribution is 0.0696. The van der Waals surface area contributed by atoms with Crippen molar-refractivity contribution in [3.8, 4) is 22.9 Å². The Morgan fingerprint density at radius 1 is 0.875 bits per heavy atom. The molecule has 0 saturated heterocycles. The number of carboxylic acid groups (broad SMARTS) is 1. The normalized spacial score (nSPS) is 10.3. The lowest BCUT2D eigenvalue weighted by Crippen LogP contribution is -2.02. The number of ether oxygens (including phenoxy) is 2. The first-order valence-corrected chi connectivity index (χ1v) is 10.1. The minimum absolute atomic E-state index is 0.169. The van der Waals surface area contributed by atoms with Gasteiger partial charge in [0.2, 0.25) is 0 Å². The Morgan fingerprint density at radius 2 is 1.38 bits per heavy atom. The molecule has 0 atom stereocenters. The van der Waals surface area contributed by atoms with Crippen LogP contribution in [-0.2, 0) is 0 Å². The molecule has 11 heteroatoms. The number of hydrogen-bond acceptors (Lipinski definition) is 7. The number of aromatic nitrogens is 6. The zero-order chi connectivity index (χ0) is 23.3. The predicted molar refractivity (Wildman–Crippen MR) is 120 cm³/mol. The molecule has 2 aromatic carbocycles. The summed E-state index contributed by atoms with van der Waals surface area (Å²) in [5.74, 6) is 1.57. The van der Waals surface area contributed by atoms with Gasteiger partial charge in [-0.05, 0) is 50.2 Å². The molecule has 32 heavy (non-hydrogen) atoms. The third-order valence-electron chi connectivity index (χ3n) is 4.27. The molecule has 166 valence electrons. The first-order chi connectivity index (χ1) is 15.3. The van der Waals surface area contributed by atoms with Crippen LogP contribution in [-0.4, -0.2) is 54.8 Å². The molecule has 0 saturated carbocycles. The summed E-state index contributed by atoms with van der Waals surface area (Å²) < 4.78 is 14.6. The summed E-state index contributed by atoms with van der Waals surface area (Å²) in [6.45, 7) is 3.62. The maximum absolute atomic E-state index is 10.8. The summed E-state index contributed by atoms with van der Waals surface area (Å²) in [4.78, 5) is 18.9. The van der Waals surface area contributed by atoms with Crippen molar-refractivity contribution in [1.82, 2.24) is 29.5 Å². The molecule has 0 aliphatic rings. The topological polar surface area (TPSA) is 117 Å². The highest BCUT2D eigenvalue weighted by Gasteiger charge is 2.11. The van der Waals surface area contributed by atoms with Crippen molar-refractivity contribution in [3.63, 3.8) is 0 Å². The SMILES string of the molecule is COc1cc(Br)ccc1-n1cnc(C)n1.COc1cc(C(=O)O)ccc1-n1cnc(C)n1. The van der Waals surface area contributed by atoms with E-state index >= 15 is 0 Å². The number of rotatable bonds is 5. The maximum Gasteiger partial charge on any atom is 0.335 e. The lowest BCUT2D eigenvalue weighted by Gasteiger charge is -2.08. The molecule has 0 unspecified atom stereocenters. The lowest BCUT2D eigenvalue weighted by atomic mass is 10.2. The standard InChI is InChI=1S/C11H11N3O3.C10H10BrN3O/c1-7-12-6-14(13-7)9-4-3-8(11(15)16)5-10(9)17-2;1-7-12-6-14(13-7)9-4-3-8(11)5-10(9)15-2/h3-6H,1-2H3,(H,15,16);3-6H,1-2H3.